The van der Waals surface area contributed by atoms with Crippen molar-refractivity contribution in [3.05, 3.63) is 35.6 Å². The van der Waals surface area contributed by atoms with Crippen molar-refractivity contribution in [3.63, 3.8) is 0 Å². The summed E-state index contributed by atoms with van der Waals surface area (Å²) in [6.07, 6.45) is -3.82. The normalized spacial score (nSPS) is 23.6. The Morgan fingerprint density at radius 1 is 1.24 bits per heavy atom. The van der Waals surface area contributed by atoms with Gasteiger partial charge in [-0.3, -0.25) is 4.90 Å². The molecule has 2 heterocycles. The highest BCUT2D eigenvalue weighted by Gasteiger charge is 2.39. The molecule has 0 bridgehead atoms. The number of hydrogen-bond acceptors (Lipinski definition) is 5. The molecule has 0 aliphatic carbocycles. The summed E-state index contributed by atoms with van der Waals surface area (Å²) in [5.41, 5.74) is 0.666. The topological polar surface area (TPSA) is 87.2 Å². The molecule has 12 heteroatoms. The average Bonchev–Trinajstić information content (AvgIpc) is 2.85. The fraction of sp³-hybridized carbons (Fsp3) is 0.588. The summed E-state index contributed by atoms with van der Waals surface area (Å²) in [6.45, 7) is 3.29. The molecule has 1 aromatic rings. The summed E-state index contributed by atoms with van der Waals surface area (Å²) >= 11 is 0. The summed E-state index contributed by atoms with van der Waals surface area (Å²) in [5, 5.41) is 7.12. The van der Waals surface area contributed by atoms with E-state index in [4.69, 9.17) is 14.6 Å². The molecule has 2 aliphatic heterocycles. The van der Waals surface area contributed by atoms with Gasteiger partial charge in [0, 0.05) is 44.2 Å². The van der Waals surface area contributed by atoms with Gasteiger partial charge in [0.05, 0.1) is 19.0 Å². The fourth-order valence-electron chi connectivity index (χ4n) is 3.25. The van der Waals surface area contributed by atoms with Crippen LogP contribution in [0.1, 0.15) is 5.56 Å². The van der Waals surface area contributed by atoms with Crippen molar-refractivity contribution in [2.45, 2.75) is 18.8 Å². The van der Waals surface area contributed by atoms with Gasteiger partial charge < -0.3 is 9.84 Å². The SMILES string of the molecule is CS(=O)(=O)N1CCO[C@@H]2CN(Cc3ccccc3F)C[C@@H]2C1.O=C(O)C(F)(F)F. The molecule has 164 valence electrons. The molecule has 2 saturated heterocycles. The molecule has 7 nitrogen and oxygen atoms in total. The van der Waals surface area contributed by atoms with Crippen molar-refractivity contribution in [2.24, 2.45) is 5.92 Å². The lowest BCUT2D eigenvalue weighted by atomic mass is 10.1. The number of fused-ring (bicyclic) bond motifs is 1. The van der Waals surface area contributed by atoms with E-state index in [2.05, 4.69) is 4.90 Å². The van der Waals surface area contributed by atoms with Crippen LogP contribution in [0.2, 0.25) is 0 Å². The van der Waals surface area contributed by atoms with Crippen LogP contribution in [0.5, 0.6) is 0 Å². The van der Waals surface area contributed by atoms with Gasteiger partial charge in [-0.2, -0.15) is 17.5 Å². The zero-order valence-electron chi connectivity index (χ0n) is 15.6. The molecule has 0 radical (unpaired) electrons. The Kier molecular flexibility index (Phi) is 7.60. The monoisotopic (exact) mass is 442 g/mol. The molecule has 1 aromatic carbocycles. The number of hydrogen-bond donors (Lipinski definition) is 1. The van der Waals surface area contributed by atoms with Crippen molar-refractivity contribution in [2.75, 3.05) is 39.0 Å². The molecule has 29 heavy (non-hydrogen) atoms. The van der Waals surface area contributed by atoms with Gasteiger partial charge in [-0.15, -0.1) is 0 Å². The maximum atomic E-state index is 13.8. The van der Waals surface area contributed by atoms with Crippen LogP contribution in [0.3, 0.4) is 0 Å². The number of alkyl halides is 3. The van der Waals surface area contributed by atoms with E-state index in [9.17, 15) is 26.0 Å². The first-order chi connectivity index (χ1) is 13.4. The zero-order valence-corrected chi connectivity index (χ0v) is 16.4. The van der Waals surface area contributed by atoms with Crippen molar-refractivity contribution in [3.8, 4) is 0 Å². The maximum absolute atomic E-state index is 13.8. The molecular formula is C17H22F4N2O5S. The fourth-order valence-corrected chi connectivity index (χ4v) is 4.12. The predicted molar refractivity (Wildman–Crippen MR) is 95.0 cm³/mol. The van der Waals surface area contributed by atoms with Crippen LogP contribution in [-0.2, 0) is 26.1 Å². The van der Waals surface area contributed by atoms with Crippen LogP contribution in [0.4, 0.5) is 17.6 Å². The predicted octanol–water partition coefficient (Wildman–Crippen LogP) is 1.55. The first-order valence-electron chi connectivity index (χ1n) is 8.70. The Morgan fingerprint density at radius 3 is 2.41 bits per heavy atom. The molecule has 1 N–H and O–H groups in total. The second-order valence-corrected chi connectivity index (χ2v) is 8.86. The molecule has 0 spiro atoms. The number of aliphatic carboxylic acids is 1. The lowest BCUT2D eigenvalue weighted by molar-refractivity contribution is -0.192. The van der Waals surface area contributed by atoms with Crippen LogP contribution >= 0.6 is 0 Å². The minimum Gasteiger partial charge on any atom is -0.475 e. The van der Waals surface area contributed by atoms with Crippen LogP contribution in [0.25, 0.3) is 0 Å². The molecule has 3 rings (SSSR count). The molecule has 0 amide bonds. The number of nitrogens with zero attached hydrogens (tertiary/aromatic N) is 2. The minimum atomic E-state index is -5.08. The number of carbonyl (C=O) groups is 1. The molecule has 0 unspecified atom stereocenters. The van der Waals surface area contributed by atoms with E-state index in [0.29, 0.717) is 31.8 Å². The van der Waals surface area contributed by atoms with Crippen molar-refractivity contribution in [1.82, 2.24) is 9.21 Å². The molecule has 2 atom stereocenters. The van der Waals surface area contributed by atoms with Crippen molar-refractivity contribution in [1.29, 1.82) is 0 Å². The molecule has 2 aliphatic rings. The van der Waals surface area contributed by atoms with Crippen LogP contribution in [0.15, 0.2) is 24.3 Å². The summed E-state index contributed by atoms with van der Waals surface area (Å²) in [4.78, 5) is 11.0. The van der Waals surface area contributed by atoms with Gasteiger partial charge in [-0.25, -0.2) is 17.6 Å². The highest BCUT2D eigenvalue weighted by molar-refractivity contribution is 7.88. The number of benzene rings is 1. The Hall–Kier alpha value is -1.76. The number of carboxylic acids is 1. The Balaban J connectivity index is 0.000000370. The number of halogens is 4. The summed E-state index contributed by atoms with van der Waals surface area (Å²) in [5.74, 6) is -2.82. The van der Waals surface area contributed by atoms with Gasteiger partial charge in [0.15, 0.2) is 0 Å². The highest BCUT2D eigenvalue weighted by Crippen LogP contribution is 2.26. The number of likely N-dealkylation sites (tertiary alicyclic amines) is 1. The van der Waals surface area contributed by atoms with Gasteiger partial charge in [0.2, 0.25) is 10.0 Å². The summed E-state index contributed by atoms with van der Waals surface area (Å²) < 4.78 is 76.3. The Bertz CT molecular complexity index is 818. The van der Waals surface area contributed by atoms with Gasteiger partial charge >= 0.3 is 12.1 Å². The lowest BCUT2D eigenvalue weighted by Gasteiger charge is -2.21. The van der Waals surface area contributed by atoms with Gasteiger partial charge in [0.25, 0.3) is 0 Å². The van der Waals surface area contributed by atoms with Gasteiger partial charge in [0.1, 0.15) is 5.82 Å². The van der Waals surface area contributed by atoms with Crippen LogP contribution in [0, 0.1) is 11.7 Å². The smallest absolute Gasteiger partial charge is 0.475 e. The summed E-state index contributed by atoms with van der Waals surface area (Å²) in [6, 6.07) is 6.76. The van der Waals surface area contributed by atoms with Gasteiger partial charge in [-0.1, -0.05) is 18.2 Å². The Labute approximate surface area is 165 Å². The molecule has 2 fully saturated rings. The minimum absolute atomic E-state index is 0.0264. The molecule has 0 saturated carbocycles. The van der Waals surface area contributed by atoms with E-state index in [1.165, 1.54) is 16.6 Å². The van der Waals surface area contributed by atoms with Crippen molar-refractivity contribution < 1.29 is 40.6 Å². The van der Waals surface area contributed by atoms with Crippen LogP contribution < -0.4 is 0 Å². The summed E-state index contributed by atoms with van der Waals surface area (Å²) in [7, 11) is -3.20. The third kappa shape index (κ3) is 6.91. The number of sulfonamides is 1. The van der Waals surface area contributed by atoms with Crippen molar-refractivity contribution >= 4 is 16.0 Å². The number of ether oxygens (including phenoxy) is 1. The zero-order chi connectivity index (χ0) is 21.8. The van der Waals surface area contributed by atoms with E-state index in [1.807, 2.05) is 6.07 Å². The second-order valence-electron chi connectivity index (χ2n) is 6.88. The van der Waals surface area contributed by atoms with E-state index in [1.54, 1.807) is 12.1 Å². The first kappa shape index (κ1) is 23.5. The van der Waals surface area contributed by atoms with E-state index in [0.717, 1.165) is 13.1 Å². The second kappa shape index (κ2) is 9.37. The van der Waals surface area contributed by atoms with E-state index in [-0.39, 0.29) is 17.8 Å². The largest absolute Gasteiger partial charge is 0.490 e. The highest BCUT2D eigenvalue weighted by atomic mass is 32.2. The maximum Gasteiger partial charge on any atom is 0.490 e. The third-order valence-corrected chi connectivity index (χ3v) is 5.90. The molecule has 0 aromatic heterocycles. The number of carboxylic acid groups (broad SMARTS) is 1. The first-order valence-corrected chi connectivity index (χ1v) is 10.6. The lowest BCUT2D eigenvalue weighted by Crippen LogP contribution is -2.36. The quantitative estimate of drug-likeness (QED) is 0.715. The van der Waals surface area contributed by atoms with Gasteiger partial charge in [-0.05, 0) is 6.07 Å². The number of rotatable bonds is 3. The van der Waals surface area contributed by atoms with Crippen LogP contribution in [-0.4, -0.2) is 80.0 Å². The van der Waals surface area contributed by atoms with E-state index >= 15 is 0 Å². The standard InChI is InChI=1S/C15H21FN2O3S.C2HF3O2/c1-22(19,20)18-6-7-21-15-11-17(9-13(15)10-18)8-12-4-2-3-5-14(12)16;3-2(4,5)1(6)7/h2-5,13,15H,6-11H2,1H3;(H,6,7)/t13-,15-;/m1./s1. The third-order valence-electron chi connectivity index (χ3n) is 4.63. The average molecular weight is 442 g/mol. The van der Waals surface area contributed by atoms with E-state index < -0.39 is 22.2 Å². The Morgan fingerprint density at radius 2 is 1.86 bits per heavy atom. The molecular weight excluding hydrogens is 420 g/mol.